The lowest BCUT2D eigenvalue weighted by Crippen LogP contribution is -2.56. The van der Waals surface area contributed by atoms with E-state index in [-0.39, 0.29) is 6.04 Å². The first-order chi connectivity index (χ1) is 8.39. The van der Waals surface area contributed by atoms with Gasteiger partial charge in [-0.3, -0.25) is 0 Å². The number of carbonyl (C=O) groups is 2. The van der Waals surface area contributed by atoms with Crippen LogP contribution in [-0.2, 0) is 9.53 Å². The van der Waals surface area contributed by atoms with E-state index in [4.69, 9.17) is 9.84 Å². The molecule has 0 heterocycles. The summed E-state index contributed by atoms with van der Waals surface area (Å²) in [5.74, 6) is -1.04. The summed E-state index contributed by atoms with van der Waals surface area (Å²) >= 11 is 0. The highest BCUT2D eigenvalue weighted by molar-refractivity contribution is 5.85. The number of nitrogens with one attached hydrogen (secondary N) is 2. The average Bonchev–Trinajstić information content (AvgIpc) is 2.29. The largest absolute Gasteiger partial charge is 0.480 e. The van der Waals surface area contributed by atoms with Crippen molar-refractivity contribution in [2.45, 2.75) is 51.6 Å². The summed E-state index contributed by atoms with van der Waals surface area (Å²) in [6.07, 6.45) is 2.02. The molecule has 0 fully saturated rings. The second-order valence-electron chi connectivity index (χ2n) is 4.53. The number of hydrogen-bond donors (Lipinski definition) is 3. The van der Waals surface area contributed by atoms with E-state index in [9.17, 15) is 9.59 Å². The summed E-state index contributed by atoms with van der Waals surface area (Å²) < 4.78 is 5.00. The van der Waals surface area contributed by atoms with Crippen LogP contribution in [0.5, 0.6) is 0 Å². The topological polar surface area (TPSA) is 87.7 Å². The van der Waals surface area contributed by atoms with Gasteiger partial charge in [0, 0.05) is 7.11 Å². The molecule has 0 radical (unpaired) electrons. The molecule has 2 amide bonds. The van der Waals surface area contributed by atoms with Gasteiger partial charge in [-0.1, -0.05) is 20.3 Å². The Balaban J connectivity index is 4.42. The molecule has 0 aliphatic carbocycles. The van der Waals surface area contributed by atoms with Crippen molar-refractivity contribution in [3.8, 4) is 0 Å². The van der Waals surface area contributed by atoms with Crippen LogP contribution in [0.2, 0.25) is 0 Å². The molecule has 3 N–H and O–H groups in total. The number of carbonyl (C=O) groups excluding carboxylic acids is 1. The maximum absolute atomic E-state index is 11.7. The molecule has 2 unspecified atom stereocenters. The van der Waals surface area contributed by atoms with Crippen molar-refractivity contribution < 1.29 is 19.4 Å². The van der Waals surface area contributed by atoms with Crippen molar-refractivity contribution in [3.05, 3.63) is 0 Å². The van der Waals surface area contributed by atoms with Gasteiger partial charge in [0.1, 0.15) is 5.54 Å². The number of carboxylic acid groups (broad SMARTS) is 1. The lowest BCUT2D eigenvalue weighted by molar-refractivity contribution is -0.143. The van der Waals surface area contributed by atoms with Gasteiger partial charge in [-0.05, 0) is 19.8 Å². The molecular weight excluding hydrogens is 236 g/mol. The monoisotopic (exact) mass is 260 g/mol. The summed E-state index contributed by atoms with van der Waals surface area (Å²) in [5.41, 5.74) is -1.24. The van der Waals surface area contributed by atoms with E-state index < -0.39 is 17.5 Å². The summed E-state index contributed by atoms with van der Waals surface area (Å²) in [5, 5.41) is 14.3. The minimum Gasteiger partial charge on any atom is -0.480 e. The van der Waals surface area contributed by atoms with Gasteiger partial charge in [0.25, 0.3) is 0 Å². The molecule has 6 nitrogen and oxygen atoms in total. The maximum Gasteiger partial charge on any atom is 0.329 e. The Morgan fingerprint density at radius 3 is 2.39 bits per heavy atom. The molecule has 0 spiro atoms. The van der Waals surface area contributed by atoms with Crippen LogP contribution in [0, 0.1) is 0 Å². The fraction of sp³-hybridized carbons (Fsp3) is 0.833. The number of aliphatic carboxylic acids is 1. The zero-order chi connectivity index (χ0) is 14.2. The molecule has 0 aromatic carbocycles. The second-order valence-corrected chi connectivity index (χ2v) is 4.53. The highest BCUT2D eigenvalue weighted by Crippen LogP contribution is 2.09. The number of amides is 2. The average molecular weight is 260 g/mol. The Kier molecular flexibility index (Phi) is 7.35. The van der Waals surface area contributed by atoms with E-state index in [2.05, 4.69) is 10.6 Å². The van der Waals surface area contributed by atoms with Crippen LogP contribution in [-0.4, -0.2) is 42.4 Å². The van der Waals surface area contributed by atoms with Gasteiger partial charge in [-0.15, -0.1) is 0 Å². The molecule has 0 saturated heterocycles. The van der Waals surface area contributed by atoms with Crippen LogP contribution in [0.15, 0.2) is 0 Å². The van der Waals surface area contributed by atoms with Crippen molar-refractivity contribution in [2.24, 2.45) is 0 Å². The zero-order valence-electron chi connectivity index (χ0n) is 11.6. The van der Waals surface area contributed by atoms with Crippen molar-refractivity contribution in [3.63, 3.8) is 0 Å². The van der Waals surface area contributed by atoms with Gasteiger partial charge in [0.15, 0.2) is 0 Å². The molecule has 0 aromatic rings. The Labute approximate surface area is 108 Å². The van der Waals surface area contributed by atoms with E-state index in [0.717, 1.165) is 12.8 Å². The molecule has 2 atom stereocenters. The molecule has 106 valence electrons. The Morgan fingerprint density at radius 2 is 2.00 bits per heavy atom. The molecular formula is C12H24N2O4. The molecule has 6 heteroatoms. The molecule has 18 heavy (non-hydrogen) atoms. The molecule has 0 aromatic heterocycles. The Hall–Kier alpha value is -1.30. The Bertz CT molecular complexity index is 277. The lowest BCUT2D eigenvalue weighted by Gasteiger charge is -2.26. The van der Waals surface area contributed by atoms with Crippen LogP contribution in [0.4, 0.5) is 4.79 Å². The number of urea groups is 1. The standard InChI is InChI=1S/C12H24N2O4/c1-5-7-9(8-18-4)13-11(17)14-12(3,6-2)10(15)16/h9H,5-8H2,1-4H3,(H,15,16)(H2,13,14,17). The third-order valence-corrected chi connectivity index (χ3v) is 2.91. The summed E-state index contributed by atoms with van der Waals surface area (Å²) in [7, 11) is 1.57. The minimum absolute atomic E-state index is 0.102. The maximum atomic E-state index is 11.7. The normalized spacial score (nSPS) is 15.6. The number of carboxylic acids is 1. The van der Waals surface area contributed by atoms with Crippen LogP contribution in [0.25, 0.3) is 0 Å². The van der Waals surface area contributed by atoms with Gasteiger partial charge >= 0.3 is 12.0 Å². The van der Waals surface area contributed by atoms with Gasteiger partial charge in [-0.2, -0.15) is 0 Å². The molecule has 0 rings (SSSR count). The van der Waals surface area contributed by atoms with Crippen molar-refractivity contribution in [1.29, 1.82) is 0 Å². The number of methoxy groups -OCH3 is 1. The van der Waals surface area contributed by atoms with Gasteiger partial charge in [-0.25, -0.2) is 9.59 Å². The lowest BCUT2D eigenvalue weighted by atomic mass is 10.00. The number of ether oxygens (including phenoxy) is 1. The molecule has 0 aliphatic heterocycles. The third kappa shape index (κ3) is 5.35. The first kappa shape index (κ1) is 16.7. The van der Waals surface area contributed by atoms with E-state index >= 15 is 0 Å². The highest BCUT2D eigenvalue weighted by Gasteiger charge is 2.33. The quantitative estimate of drug-likeness (QED) is 0.615. The zero-order valence-corrected chi connectivity index (χ0v) is 11.6. The van der Waals surface area contributed by atoms with Gasteiger partial charge in [0.05, 0.1) is 12.6 Å². The van der Waals surface area contributed by atoms with Gasteiger partial charge < -0.3 is 20.5 Å². The smallest absolute Gasteiger partial charge is 0.329 e. The first-order valence-corrected chi connectivity index (χ1v) is 6.20. The van der Waals surface area contributed by atoms with E-state index in [1.165, 1.54) is 6.92 Å². The minimum atomic E-state index is -1.24. The predicted molar refractivity (Wildman–Crippen MR) is 68.6 cm³/mol. The molecule has 0 saturated carbocycles. The van der Waals surface area contributed by atoms with Crippen molar-refractivity contribution in [1.82, 2.24) is 10.6 Å². The SMILES string of the molecule is CCCC(COC)NC(=O)NC(C)(CC)C(=O)O. The van der Waals surface area contributed by atoms with Gasteiger partial charge in [0.2, 0.25) is 0 Å². The second kappa shape index (κ2) is 7.92. The van der Waals surface area contributed by atoms with E-state index in [1.54, 1.807) is 14.0 Å². The van der Waals surface area contributed by atoms with E-state index in [1.807, 2.05) is 6.92 Å². The highest BCUT2D eigenvalue weighted by atomic mass is 16.5. The predicted octanol–water partition coefficient (Wildman–Crippen LogP) is 1.35. The Morgan fingerprint density at radius 1 is 1.39 bits per heavy atom. The first-order valence-electron chi connectivity index (χ1n) is 6.20. The summed E-state index contributed by atoms with van der Waals surface area (Å²) in [6, 6.07) is -0.577. The fourth-order valence-electron chi connectivity index (χ4n) is 1.51. The molecule has 0 aliphatic rings. The van der Waals surface area contributed by atoms with Crippen LogP contribution >= 0.6 is 0 Å². The van der Waals surface area contributed by atoms with Crippen LogP contribution in [0.1, 0.15) is 40.0 Å². The van der Waals surface area contributed by atoms with Crippen molar-refractivity contribution >= 4 is 12.0 Å². The van der Waals surface area contributed by atoms with Crippen LogP contribution < -0.4 is 10.6 Å². The third-order valence-electron chi connectivity index (χ3n) is 2.91. The van der Waals surface area contributed by atoms with E-state index in [0.29, 0.717) is 13.0 Å². The summed E-state index contributed by atoms with van der Waals surface area (Å²) in [6.45, 7) is 5.62. The number of rotatable bonds is 8. The van der Waals surface area contributed by atoms with Crippen LogP contribution in [0.3, 0.4) is 0 Å². The number of hydrogen-bond acceptors (Lipinski definition) is 3. The van der Waals surface area contributed by atoms with Crippen molar-refractivity contribution in [2.75, 3.05) is 13.7 Å². The summed E-state index contributed by atoms with van der Waals surface area (Å²) in [4.78, 5) is 22.8. The fourth-order valence-corrected chi connectivity index (χ4v) is 1.51. The molecule has 0 bridgehead atoms.